The Hall–Kier alpha value is -2.08. The van der Waals surface area contributed by atoms with Gasteiger partial charge in [-0.25, -0.2) is 0 Å². The van der Waals surface area contributed by atoms with Gasteiger partial charge in [-0.3, -0.25) is 25.2 Å². The van der Waals surface area contributed by atoms with Gasteiger partial charge in [0.1, 0.15) is 6.54 Å². The number of hydrogen-bond acceptors (Lipinski definition) is 3. The number of rotatable bonds is 3. The normalized spacial score (nSPS) is 14.2. The van der Waals surface area contributed by atoms with E-state index in [-0.39, 0.29) is 12.5 Å². The SMILES string of the molecule is O=C(CN1CCCC1=O)NNC(=O)c1ccc(Cl)cc1. The molecule has 2 N–H and O–H groups in total. The second-order valence-electron chi connectivity index (χ2n) is 4.43. The highest BCUT2D eigenvalue weighted by molar-refractivity contribution is 6.30. The molecule has 0 spiro atoms. The van der Waals surface area contributed by atoms with Crippen LogP contribution in [0.1, 0.15) is 23.2 Å². The standard InChI is InChI=1S/C13H14ClN3O3/c14-10-5-3-9(4-6-10)13(20)16-15-11(18)8-17-7-1-2-12(17)19/h3-6H,1-2,7-8H2,(H,15,18)(H,16,20). The fourth-order valence-electron chi connectivity index (χ4n) is 1.88. The van der Waals surface area contributed by atoms with Crippen LogP contribution in [0.15, 0.2) is 24.3 Å². The summed E-state index contributed by atoms with van der Waals surface area (Å²) < 4.78 is 0. The molecule has 0 aromatic heterocycles. The van der Waals surface area contributed by atoms with Crippen molar-refractivity contribution < 1.29 is 14.4 Å². The Morgan fingerprint density at radius 2 is 1.90 bits per heavy atom. The molecule has 0 saturated carbocycles. The Bertz CT molecular complexity index is 530. The Morgan fingerprint density at radius 1 is 1.20 bits per heavy atom. The highest BCUT2D eigenvalue weighted by Gasteiger charge is 2.22. The fourth-order valence-corrected chi connectivity index (χ4v) is 2.01. The Labute approximate surface area is 121 Å². The summed E-state index contributed by atoms with van der Waals surface area (Å²) >= 11 is 5.71. The molecular formula is C13H14ClN3O3. The van der Waals surface area contributed by atoms with Gasteiger partial charge >= 0.3 is 0 Å². The molecule has 1 saturated heterocycles. The van der Waals surface area contributed by atoms with E-state index in [0.717, 1.165) is 6.42 Å². The topological polar surface area (TPSA) is 78.5 Å². The van der Waals surface area contributed by atoms with E-state index in [4.69, 9.17) is 11.6 Å². The molecule has 2 rings (SSSR count). The van der Waals surface area contributed by atoms with Gasteiger partial charge in [0.15, 0.2) is 0 Å². The summed E-state index contributed by atoms with van der Waals surface area (Å²) in [5, 5.41) is 0.526. The number of nitrogens with zero attached hydrogens (tertiary/aromatic N) is 1. The van der Waals surface area contributed by atoms with Gasteiger partial charge in [-0.2, -0.15) is 0 Å². The predicted molar refractivity (Wildman–Crippen MR) is 72.9 cm³/mol. The quantitative estimate of drug-likeness (QED) is 0.807. The molecule has 0 aliphatic carbocycles. The zero-order valence-electron chi connectivity index (χ0n) is 10.7. The first-order valence-corrected chi connectivity index (χ1v) is 6.56. The predicted octanol–water partition coefficient (Wildman–Crippen LogP) is 0.723. The van der Waals surface area contributed by atoms with Crippen molar-refractivity contribution in [1.82, 2.24) is 15.8 Å². The molecule has 0 atom stereocenters. The largest absolute Gasteiger partial charge is 0.333 e. The molecule has 0 unspecified atom stereocenters. The molecule has 1 heterocycles. The first-order chi connectivity index (χ1) is 9.56. The lowest BCUT2D eigenvalue weighted by atomic mass is 10.2. The van der Waals surface area contributed by atoms with Crippen LogP contribution in [0.3, 0.4) is 0 Å². The van der Waals surface area contributed by atoms with Gasteiger partial charge in [-0.1, -0.05) is 11.6 Å². The molecule has 0 radical (unpaired) electrons. The van der Waals surface area contributed by atoms with E-state index in [1.54, 1.807) is 24.3 Å². The van der Waals surface area contributed by atoms with Gasteiger partial charge < -0.3 is 4.90 Å². The van der Waals surface area contributed by atoms with Crippen molar-refractivity contribution in [1.29, 1.82) is 0 Å². The molecule has 0 bridgehead atoms. The second kappa shape index (κ2) is 6.38. The molecule has 1 aromatic rings. The third kappa shape index (κ3) is 3.71. The van der Waals surface area contributed by atoms with Crippen LogP contribution in [0, 0.1) is 0 Å². The van der Waals surface area contributed by atoms with Crippen LogP contribution in [0.4, 0.5) is 0 Å². The van der Waals surface area contributed by atoms with Crippen molar-refractivity contribution in [3.8, 4) is 0 Å². The van der Waals surface area contributed by atoms with Gasteiger partial charge in [-0.05, 0) is 30.7 Å². The molecule has 6 nitrogen and oxygen atoms in total. The maximum absolute atomic E-state index is 11.7. The summed E-state index contributed by atoms with van der Waals surface area (Å²) in [6.45, 7) is 0.539. The van der Waals surface area contributed by atoms with Crippen LogP contribution in [0.25, 0.3) is 0 Å². The summed E-state index contributed by atoms with van der Waals surface area (Å²) in [6, 6.07) is 6.27. The zero-order valence-corrected chi connectivity index (χ0v) is 11.4. The summed E-state index contributed by atoms with van der Waals surface area (Å²) in [5.41, 5.74) is 4.95. The summed E-state index contributed by atoms with van der Waals surface area (Å²) in [5.74, 6) is -0.908. The van der Waals surface area contributed by atoms with E-state index >= 15 is 0 Å². The lowest BCUT2D eigenvalue weighted by molar-refractivity contribution is -0.133. The zero-order chi connectivity index (χ0) is 14.5. The average molecular weight is 296 g/mol. The maximum Gasteiger partial charge on any atom is 0.269 e. The molecule has 1 aliphatic rings. The van der Waals surface area contributed by atoms with Crippen molar-refractivity contribution in [3.05, 3.63) is 34.9 Å². The first-order valence-electron chi connectivity index (χ1n) is 6.19. The third-order valence-electron chi connectivity index (χ3n) is 2.93. The number of halogens is 1. The van der Waals surface area contributed by atoms with Crippen LogP contribution >= 0.6 is 11.6 Å². The Balaban J connectivity index is 1.79. The molecule has 1 fully saturated rings. The van der Waals surface area contributed by atoms with Gasteiger partial charge in [0.25, 0.3) is 11.8 Å². The van der Waals surface area contributed by atoms with Crippen molar-refractivity contribution in [2.45, 2.75) is 12.8 Å². The number of hydrogen-bond donors (Lipinski definition) is 2. The monoisotopic (exact) mass is 295 g/mol. The lowest BCUT2D eigenvalue weighted by Gasteiger charge is -2.15. The summed E-state index contributed by atoms with van der Waals surface area (Å²) in [6.07, 6.45) is 1.24. The number of benzene rings is 1. The Morgan fingerprint density at radius 3 is 2.50 bits per heavy atom. The average Bonchev–Trinajstić information content (AvgIpc) is 2.82. The molecule has 7 heteroatoms. The van der Waals surface area contributed by atoms with Gasteiger partial charge in [0.05, 0.1) is 0 Å². The van der Waals surface area contributed by atoms with Gasteiger partial charge in [-0.15, -0.1) is 0 Å². The van der Waals surface area contributed by atoms with E-state index in [1.807, 2.05) is 0 Å². The van der Waals surface area contributed by atoms with E-state index in [1.165, 1.54) is 4.90 Å². The van der Waals surface area contributed by atoms with Crippen LogP contribution in [0.5, 0.6) is 0 Å². The van der Waals surface area contributed by atoms with Crippen molar-refractivity contribution in [2.75, 3.05) is 13.1 Å². The highest BCUT2D eigenvalue weighted by atomic mass is 35.5. The van der Waals surface area contributed by atoms with Crippen molar-refractivity contribution in [2.24, 2.45) is 0 Å². The van der Waals surface area contributed by atoms with Crippen LogP contribution < -0.4 is 10.9 Å². The van der Waals surface area contributed by atoms with Crippen molar-refractivity contribution >= 4 is 29.3 Å². The van der Waals surface area contributed by atoms with Gasteiger partial charge in [0, 0.05) is 23.6 Å². The molecule has 1 aliphatic heterocycles. The smallest absolute Gasteiger partial charge is 0.269 e. The molecule has 20 heavy (non-hydrogen) atoms. The summed E-state index contributed by atoms with van der Waals surface area (Å²) in [7, 11) is 0. The van der Waals surface area contributed by atoms with Crippen LogP contribution in [0.2, 0.25) is 5.02 Å². The van der Waals surface area contributed by atoms with Gasteiger partial charge in [0.2, 0.25) is 5.91 Å². The second-order valence-corrected chi connectivity index (χ2v) is 4.86. The maximum atomic E-state index is 11.7. The number of carbonyl (C=O) groups is 3. The molecular weight excluding hydrogens is 282 g/mol. The Kier molecular flexibility index (Phi) is 4.57. The van der Waals surface area contributed by atoms with E-state index < -0.39 is 11.8 Å². The summed E-state index contributed by atoms with van der Waals surface area (Å²) in [4.78, 5) is 36.1. The van der Waals surface area contributed by atoms with E-state index in [0.29, 0.717) is 23.6 Å². The number of likely N-dealkylation sites (tertiary alicyclic amines) is 1. The molecule has 3 amide bonds. The van der Waals surface area contributed by atoms with E-state index in [9.17, 15) is 14.4 Å². The van der Waals surface area contributed by atoms with Crippen LogP contribution in [-0.4, -0.2) is 35.7 Å². The number of nitrogens with one attached hydrogen (secondary N) is 2. The lowest BCUT2D eigenvalue weighted by Crippen LogP contribution is -2.46. The minimum absolute atomic E-state index is 0.0378. The minimum atomic E-state index is -0.442. The number of hydrazine groups is 1. The first kappa shape index (κ1) is 14.3. The molecule has 106 valence electrons. The van der Waals surface area contributed by atoms with Crippen LogP contribution in [-0.2, 0) is 9.59 Å². The highest BCUT2D eigenvalue weighted by Crippen LogP contribution is 2.09. The van der Waals surface area contributed by atoms with Crippen molar-refractivity contribution in [3.63, 3.8) is 0 Å². The number of carbonyl (C=O) groups excluding carboxylic acids is 3. The molecule has 1 aromatic carbocycles. The van der Waals surface area contributed by atoms with E-state index in [2.05, 4.69) is 10.9 Å². The minimum Gasteiger partial charge on any atom is -0.333 e. The third-order valence-corrected chi connectivity index (χ3v) is 3.18. The fraction of sp³-hybridized carbons (Fsp3) is 0.308. The number of amides is 3.